The predicted molar refractivity (Wildman–Crippen MR) is 90.7 cm³/mol. The second-order valence-corrected chi connectivity index (χ2v) is 0. The van der Waals surface area contributed by atoms with E-state index < -0.39 is 0 Å². The first-order valence-electron chi connectivity index (χ1n) is 0. The van der Waals surface area contributed by atoms with Gasteiger partial charge in [-0.15, -0.1) is 0 Å². The Morgan fingerprint density at radius 2 is 0.308 bits per heavy atom. The monoisotopic (exact) mass is 231 g/mol. The van der Waals surface area contributed by atoms with Crippen molar-refractivity contribution in [2.75, 3.05) is 0 Å². The van der Waals surface area contributed by atoms with Crippen molar-refractivity contribution in [3.05, 3.63) is 0 Å². The molecule has 0 rings (SSSR count). The summed E-state index contributed by atoms with van der Waals surface area (Å²) in [5.74, 6) is 0. The van der Waals surface area contributed by atoms with E-state index in [1.54, 1.807) is 0 Å². The Labute approximate surface area is 173 Å². The SMILES string of the molecule is [BH4-].[BH4-].[BH4-].[BH4-].[BH4-].[BH4-].[BH4-].[BH4-].[Li+].[Li+].[Li+].[Sc+3].[Sc]. The zero-order valence-corrected chi connectivity index (χ0v) is 7.76. The standard InChI is InChI=1S/8BH4.3Li.2Sc/h8*1H4;;;;;/q8*-1;3*+1;;+3. The molecule has 0 fully saturated rings. The summed E-state index contributed by atoms with van der Waals surface area (Å²) >= 11 is 0. The van der Waals surface area contributed by atoms with Gasteiger partial charge in [0.2, 0.25) is 0 Å². The van der Waals surface area contributed by atoms with Gasteiger partial charge in [0.05, 0.1) is 0 Å². The van der Waals surface area contributed by atoms with Gasteiger partial charge < -0.3 is 0 Å². The summed E-state index contributed by atoms with van der Waals surface area (Å²) in [5.41, 5.74) is 0. The molecule has 0 aliphatic heterocycles. The molecule has 0 unspecified atom stereocenters. The Kier molecular flexibility index (Phi) is 4560. The fourth-order valence-electron chi connectivity index (χ4n) is 0. The maximum absolute atomic E-state index is 0. The Morgan fingerprint density at radius 3 is 0.308 bits per heavy atom. The van der Waals surface area contributed by atoms with Crippen LogP contribution in [0.3, 0.4) is 0 Å². The summed E-state index contributed by atoms with van der Waals surface area (Å²) in [5, 5.41) is 0. The van der Waals surface area contributed by atoms with Crippen LogP contribution < -0.4 is 56.6 Å². The van der Waals surface area contributed by atoms with Crippen molar-refractivity contribution in [3.63, 3.8) is 0 Å². The Morgan fingerprint density at radius 1 is 0.308 bits per heavy atom. The first kappa shape index (κ1) is 268. The third-order valence-corrected chi connectivity index (χ3v) is 0. The maximum Gasteiger partial charge on any atom is 3.00 e. The minimum Gasteiger partial charge on any atom is -0.0626 e. The molecule has 0 amide bonds. The van der Waals surface area contributed by atoms with Crippen LogP contribution in [0.1, 0.15) is 0 Å². The molecule has 13 heteroatoms. The molecule has 13 heavy (non-hydrogen) atoms. The van der Waals surface area contributed by atoms with E-state index in [0.29, 0.717) is 0 Å². The van der Waals surface area contributed by atoms with Gasteiger partial charge in [-0.25, -0.2) is 0 Å². The molecule has 0 aromatic rings. The van der Waals surface area contributed by atoms with Crippen LogP contribution in [0, 0.1) is 0 Å². The van der Waals surface area contributed by atoms with Crippen LogP contribution in [0.25, 0.3) is 0 Å². The molecule has 0 aliphatic rings. The molecule has 0 atom stereocenters. The zero-order valence-electron chi connectivity index (χ0n) is 4.15. The van der Waals surface area contributed by atoms with Crippen LogP contribution in [0.4, 0.5) is 0 Å². The summed E-state index contributed by atoms with van der Waals surface area (Å²) in [7, 11) is 0. The molecule has 1 radical (unpaired) electrons. The first-order chi connectivity index (χ1) is 0. The second-order valence-electron chi connectivity index (χ2n) is 0. The van der Waals surface area contributed by atoms with Gasteiger partial charge >= 0.3 is 82.4 Å². The van der Waals surface area contributed by atoms with Crippen LogP contribution in [-0.4, -0.2) is 67.3 Å². The molecule has 0 N–H and O–H groups in total. The van der Waals surface area contributed by atoms with E-state index in [1.165, 1.54) is 0 Å². The molecule has 0 heterocycles. The third kappa shape index (κ3) is 193. The van der Waals surface area contributed by atoms with E-state index in [1.807, 2.05) is 0 Å². The van der Waals surface area contributed by atoms with E-state index in [2.05, 4.69) is 0 Å². The average molecular weight is 229 g/mol. The average Bonchev–Trinajstić information content (AvgIpc) is 0. The van der Waals surface area contributed by atoms with Gasteiger partial charge in [0, 0.05) is 25.8 Å². The Bertz CT molecular complexity index is 17.4. The fourth-order valence-corrected chi connectivity index (χ4v) is 0. The van der Waals surface area contributed by atoms with E-state index in [0.717, 1.165) is 0 Å². The zero-order chi connectivity index (χ0) is 0. The molecule has 0 nitrogen and oxygen atoms in total. The molecule has 0 saturated carbocycles. The van der Waals surface area contributed by atoms with E-state index in [9.17, 15) is 0 Å². The topological polar surface area (TPSA) is 0 Å². The van der Waals surface area contributed by atoms with E-state index >= 15 is 0 Å². The molecule has 0 aliphatic carbocycles. The fraction of sp³-hybridized carbons (Fsp3) is 0. The molecule has 67 valence electrons. The Balaban J connectivity index is 0. The van der Waals surface area contributed by atoms with Gasteiger partial charge in [-0.3, -0.25) is 0 Å². The summed E-state index contributed by atoms with van der Waals surface area (Å²) in [4.78, 5) is 0. The van der Waals surface area contributed by atoms with E-state index in [-0.39, 0.29) is 176 Å². The molecule has 0 spiro atoms. The molecular weight excluding hydrogens is 197 g/mol. The number of hydrogen-bond acceptors (Lipinski definition) is 0. The smallest absolute Gasteiger partial charge is 0.0626 e. The van der Waals surface area contributed by atoms with Crippen molar-refractivity contribution in [2.45, 2.75) is 0 Å². The van der Waals surface area contributed by atoms with Crippen molar-refractivity contribution < 1.29 is 108 Å². The van der Waals surface area contributed by atoms with Gasteiger partial charge in [-0.05, 0) is 0 Å². The van der Waals surface area contributed by atoms with Gasteiger partial charge in [0.15, 0.2) is 0 Å². The van der Waals surface area contributed by atoms with Crippen molar-refractivity contribution in [2.24, 2.45) is 0 Å². The second kappa shape index (κ2) is 222. The Hall–Kier alpha value is 4.05. The summed E-state index contributed by atoms with van der Waals surface area (Å²) in [6.45, 7) is 0. The quantitative estimate of drug-likeness (QED) is 0.362. The molecule has 0 aromatic carbocycles. The minimum absolute atomic E-state index is 0. The summed E-state index contributed by atoms with van der Waals surface area (Å²) in [6, 6.07) is 0. The van der Waals surface area contributed by atoms with Crippen LogP contribution in [-0.2, 0) is 51.7 Å². The van der Waals surface area contributed by atoms with Gasteiger partial charge in [0.1, 0.15) is 0 Å². The maximum atomic E-state index is 0. The van der Waals surface area contributed by atoms with Gasteiger partial charge in [-0.2, -0.15) is 0 Å². The predicted octanol–water partition coefficient (Wildman–Crippen LogP) is -20.6. The van der Waals surface area contributed by atoms with Crippen molar-refractivity contribution in [1.82, 2.24) is 0 Å². The van der Waals surface area contributed by atoms with Crippen molar-refractivity contribution in [1.29, 1.82) is 0 Å². The number of hydrogen-bond donors (Lipinski definition) is 0. The van der Waals surface area contributed by atoms with Crippen LogP contribution in [0.15, 0.2) is 0 Å². The van der Waals surface area contributed by atoms with E-state index in [4.69, 9.17) is 0 Å². The molecular formula is H32B8Li3Sc2-2. The van der Waals surface area contributed by atoms with Crippen LogP contribution in [0.2, 0.25) is 0 Å². The molecule has 0 saturated heterocycles. The number of rotatable bonds is 0. The van der Waals surface area contributed by atoms with Crippen molar-refractivity contribution >= 4 is 67.3 Å². The molecule has 0 bridgehead atoms. The largest absolute Gasteiger partial charge is 3.00 e. The van der Waals surface area contributed by atoms with Gasteiger partial charge in [0.25, 0.3) is 0 Å². The summed E-state index contributed by atoms with van der Waals surface area (Å²) in [6.07, 6.45) is 0. The minimum atomic E-state index is 0. The third-order valence-electron chi connectivity index (χ3n) is 0. The first-order valence-corrected chi connectivity index (χ1v) is 0. The van der Waals surface area contributed by atoms with Crippen LogP contribution in [0.5, 0.6) is 0 Å². The van der Waals surface area contributed by atoms with Gasteiger partial charge in [-0.1, -0.05) is 67.3 Å². The normalized spacial score (nSPS) is 0. The molecule has 0 aromatic heterocycles. The van der Waals surface area contributed by atoms with Crippen LogP contribution >= 0.6 is 0 Å². The summed E-state index contributed by atoms with van der Waals surface area (Å²) < 4.78 is 0. The van der Waals surface area contributed by atoms with Crippen molar-refractivity contribution in [3.8, 4) is 0 Å².